The zero-order chi connectivity index (χ0) is 10.8. The van der Waals surface area contributed by atoms with Crippen LogP contribution in [0.2, 0.25) is 0 Å². The number of nitrogens with zero attached hydrogens (tertiary/aromatic N) is 1. The Morgan fingerprint density at radius 1 is 1.71 bits per heavy atom. The van der Waals surface area contributed by atoms with E-state index in [1.807, 2.05) is 19.2 Å². The molecular weight excluding hydrogens is 198 g/mol. The van der Waals surface area contributed by atoms with Gasteiger partial charge in [0.2, 0.25) is 0 Å². The topological polar surface area (TPSA) is 42.4 Å². The summed E-state index contributed by atoms with van der Waals surface area (Å²) in [7, 11) is 1.60. The highest BCUT2D eigenvalue weighted by Crippen LogP contribution is 2.20. The van der Waals surface area contributed by atoms with Gasteiger partial charge in [-0.25, -0.2) is 4.98 Å². The van der Waals surface area contributed by atoms with E-state index in [4.69, 9.17) is 4.74 Å². The molecule has 0 aromatic carbocycles. The van der Waals surface area contributed by atoms with Crippen molar-refractivity contribution >= 4 is 11.3 Å². The lowest BCUT2D eigenvalue weighted by molar-refractivity contribution is -0.0720. The van der Waals surface area contributed by atoms with Gasteiger partial charge in [0.05, 0.1) is 22.4 Å². The van der Waals surface area contributed by atoms with Gasteiger partial charge < -0.3 is 9.84 Å². The third kappa shape index (κ3) is 2.77. The molecule has 0 spiro atoms. The highest BCUT2D eigenvalue weighted by Gasteiger charge is 2.29. The Labute approximate surface area is 88.8 Å². The summed E-state index contributed by atoms with van der Waals surface area (Å²) in [6.07, 6.45) is 0.344. The van der Waals surface area contributed by atoms with Crippen molar-refractivity contribution in [2.24, 2.45) is 0 Å². The van der Waals surface area contributed by atoms with E-state index >= 15 is 0 Å². The summed E-state index contributed by atoms with van der Waals surface area (Å²) in [5.41, 5.74) is 0.0799. The van der Waals surface area contributed by atoms with Gasteiger partial charge in [-0.2, -0.15) is 0 Å². The average Bonchev–Trinajstić information content (AvgIpc) is 2.48. The fourth-order valence-corrected chi connectivity index (χ4v) is 1.87. The van der Waals surface area contributed by atoms with Crippen molar-refractivity contribution < 1.29 is 9.84 Å². The molecule has 0 aliphatic carbocycles. The average molecular weight is 215 g/mol. The number of aryl methyl sites for hydroxylation is 1. The Kier molecular flexibility index (Phi) is 3.64. The van der Waals surface area contributed by atoms with Gasteiger partial charge in [-0.15, -0.1) is 11.3 Å². The number of rotatable bonds is 4. The van der Waals surface area contributed by atoms with Crippen molar-refractivity contribution in [2.45, 2.75) is 38.9 Å². The predicted octanol–water partition coefficient (Wildman–Crippen LogP) is 1.78. The van der Waals surface area contributed by atoms with Crippen LogP contribution >= 0.6 is 11.3 Å². The minimum absolute atomic E-state index is 0.190. The van der Waals surface area contributed by atoms with Crippen LogP contribution in [0.25, 0.3) is 0 Å². The normalized spacial score (nSPS) is 17.8. The number of hydrogen-bond acceptors (Lipinski definition) is 4. The lowest BCUT2D eigenvalue weighted by atomic mass is 9.95. The molecule has 1 N–H and O–H groups in total. The molecular formula is C10H17NO2S. The number of methoxy groups -OCH3 is 1. The molecule has 3 nitrogen and oxygen atoms in total. The molecule has 0 saturated carbocycles. The maximum Gasteiger partial charge on any atom is 0.0932 e. The van der Waals surface area contributed by atoms with Crippen LogP contribution in [0.4, 0.5) is 0 Å². The summed E-state index contributed by atoms with van der Waals surface area (Å²) in [6.45, 7) is 5.59. The molecule has 1 aromatic rings. The smallest absolute Gasteiger partial charge is 0.0932 e. The van der Waals surface area contributed by atoms with Gasteiger partial charge in [-0.1, -0.05) is 0 Å². The fourth-order valence-electron chi connectivity index (χ4n) is 1.25. The number of aliphatic hydroxyl groups is 1. The molecule has 1 rings (SSSR count). The maximum atomic E-state index is 10.1. The summed E-state index contributed by atoms with van der Waals surface area (Å²) in [4.78, 5) is 4.32. The number of thiazole rings is 1. The summed E-state index contributed by atoms with van der Waals surface area (Å²) in [5, 5.41) is 13.1. The predicted molar refractivity (Wildman–Crippen MR) is 57.6 cm³/mol. The maximum absolute atomic E-state index is 10.1. The lowest BCUT2D eigenvalue weighted by Crippen LogP contribution is -2.40. The van der Waals surface area contributed by atoms with Crippen LogP contribution < -0.4 is 0 Å². The molecule has 1 heterocycles. The molecule has 2 unspecified atom stereocenters. The first-order chi connectivity index (χ1) is 6.45. The SMILES string of the molecule is COC(C)C(C)(O)Cc1csc(C)n1. The van der Waals surface area contributed by atoms with E-state index in [1.54, 1.807) is 25.4 Å². The van der Waals surface area contributed by atoms with Crippen LogP contribution in [-0.2, 0) is 11.2 Å². The van der Waals surface area contributed by atoms with E-state index in [2.05, 4.69) is 4.98 Å². The van der Waals surface area contributed by atoms with Crippen molar-refractivity contribution in [2.75, 3.05) is 7.11 Å². The molecule has 14 heavy (non-hydrogen) atoms. The Bertz CT molecular complexity index is 296. The molecule has 2 atom stereocenters. The Morgan fingerprint density at radius 3 is 2.79 bits per heavy atom. The van der Waals surface area contributed by atoms with Crippen LogP contribution in [0.1, 0.15) is 24.5 Å². The largest absolute Gasteiger partial charge is 0.387 e. The Balaban J connectivity index is 2.67. The van der Waals surface area contributed by atoms with Crippen molar-refractivity contribution in [3.05, 3.63) is 16.1 Å². The third-order valence-electron chi connectivity index (χ3n) is 2.43. The first-order valence-electron chi connectivity index (χ1n) is 4.62. The monoisotopic (exact) mass is 215 g/mol. The van der Waals surface area contributed by atoms with Crippen LogP contribution in [-0.4, -0.2) is 28.9 Å². The third-order valence-corrected chi connectivity index (χ3v) is 3.26. The molecule has 0 radical (unpaired) electrons. The van der Waals surface area contributed by atoms with Crippen molar-refractivity contribution in [1.29, 1.82) is 0 Å². The van der Waals surface area contributed by atoms with Gasteiger partial charge in [0, 0.05) is 18.9 Å². The molecule has 4 heteroatoms. The van der Waals surface area contributed by atoms with Gasteiger partial charge in [0.25, 0.3) is 0 Å². The minimum Gasteiger partial charge on any atom is -0.387 e. The van der Waals surface area contributed by atoms with Crippen molar-refractivity contribution in [1.82, 2.24) is 4.98 Å². The highest BCUT2D eigenvalue weighted by atomic mass is 32.1. The number of aromatic nitrogens is 1. The molecule has 0 fully saturated rings. The minimum atomic E-state index is -0.852. The molecule has 0 saturated heterocycles. The molecule has 0 aliphatic heterocycles. The second-order valence-electron chi connectivity index (χ2n) is 3.77. The van der Waals surface area contributed by atoms with E-state index in [1.165, 1.54) is 0 Å². The second-order valence-corrected chi connectivity index (χ2v) is 4.83. The van der Waals surface area contributed by atoms with Gasteiger partial charge >= 0.3 is 0 Å². The summed E-state index contributed by atoms with van der Waals surface area (Å²) in [5.74, 6) is 0. The van der Waals surface area contributed by atoms with Gasteiger partial charge in [-0.05, 0) is 20.8 Å². The summed E-state index contributed by atoms with van der Waals surface area (Å²) >= 11 is 1.60. The zero-order valence-corrected chi connectivity index (χ0v) is 9.89. The standard InChI is InChI=1S/C10H17NO2S/c1-7(13-4)10(3,12)5-9-6-14-8(2)11-9/h6-7,12H,5H2,1-4H3. The van der Waals surface area contributed by atoms with Crippen LogP contribution in [0.15, 0.2) is 5.38 Å². The summed E-state index contributed by atoms with van der Waals surface area (Å²) < 4.78 is 5.12. The Morgan fingerprint density at radius 2 is 2.36 bits per heavy atom. The number of ether oxygens (including phenoxy) is 1. The van der Waals surface area contributed by atoms with Crippen LogP contribution in [0, 0.1) is 6.92 Å². The van der Waals surface area contributed by atoms with E-state index < -0.39 is 5.60 Å². The van der Waals surface area contributed by atoms with Crippen LogP contribution in [0.5, 0.6) is 0 Å². The van der Waals surface area contributed by atoms with Crippen LogP contribution in [0.3, 0.4) is 0 Å². The summed E-state index contributed by atoms with van der Waals surface area (Å²) in [6, 6.07) is 0. The molecule has 0 amide bonds. The van der Waals surface area contributed by atoms with Crippen molar-refractivity contribution in [3.8, 4) is 0 Å². The second kappa shape index (κ2) is 4.38. The molecule has 0 bridgehead atoms. The van der Waals surface area contributed by atoms with E-state index in [-0.39, 0.29) is 6.10 Å². The zero-order valence-electron chi connectivity index (χ0n) is 9.07. The van der Waals surface area contributed by atoms with Gasteiger partial charge in [-0.3, -0.25) is 0 Å². The van der Waals surface area contributed by atoms with E-state index in [9.17, 15) is 5.11 Å². The van der Waals surface area contributed by atoms with E-state index in [0.717, 1.165) is 10.7 Å². The number of hydrogen-bond donors (Lipinski definition) is 1. The quantitative estimate of drug-likeness (QED) is 0.832. The van der Waals surface area contributed by atoms with E-state index in [0.29, 0.717) is 6.42 Å². The van der Waals surface area contributed by atoms with Crippen molar-refractivity contribution in [3.63, 3.8) is 0 Å². The molecule has 1 aromatic heterocycles. The highest BCUT2D eigenvalue weighted by molar-refractivity contribution is 7.09. The molecule has 80 valence electrons. The first-order valence-corrected chi connectivity index (χ1v) is 5.50. The Hall–Kier alpha value is -0.450. The first kappa shape index (κ1) is 11.6. The lowest BCUT2D eigenvalue weighted by Gasteiger charge is -2.28. The van der Waals surface area contributed by atoms with Gasteiger partial charge in [0.15, 0.2) is 0 Å². The fraction of sp³-hybridized carbons (Fsp3) is 0.700. The van der Waals surface area contributed by atoms with Gasteiger partial charge in [0.1, 0.15) is 0 Å². The molecule has 0 aliphatic rings.